The van der Waals surface area contributed by atoms with Crippen LogP contribution in [0.2, 0.25) is 0 Å². The average molecular weight is 581 g/mol. The Morgan fingerprint density at radius 3 is 2.81 bits per heavy atom. The molecule has 3 N–H and O–H groups in total. The Hall–Kier alpha value is -4.18. The van der Waals surface area contributed by atoms with Gasteiger partial charge in [0.1, 0.15) is 17.3 Å². The number of methoxy groups -OCH3 is 1. The van der Waals surface area contributed by atoms with E-state index < -0.39 is 0 Å². The third-order valence-corrected chi connectivity index (χ3v) is 9.10. The van der Waals surface area contributed by atoms with E-state index >= 15 is 0 Å². The fourth-order valence-electron chi connectivity index (χ4n) is 5.68. The molecule has 1 fully saturated rings. The van der Waals surface area contributed by atoms with E-state index in [1.165, 1.54) is 6.42 Å². The molecule has 1 aliphatic rings. The lowest BCUT2D eigenvalue weighted by Gasteiger charge is -2.17. The average Bonchev–Trinajstić information content (AvgIpc) is 3.53. The van der Waals surface area contributed by atoms with Gasteiger partial charge in [-0.25, -0.2) is 4.98 Å². The Morgan fingerprint density at radius 2 is 1.98 bits per heavy atom. The molecule has 42 heavy (non-hydrogen) atoms. The van der Waals surface area contributed by atoms with Crippen LogP contribution in [0.3, 0.4) is 0 Å². The van der Waals surface area contributed by atoms with Gasteiger partial charge >= 0.3 is 0 Å². The molecule has 0 bridgehead atoms. The Kier molecular flexibility index (Phi) is 7.97. The van der Waals surface area contributed by atoms with Gasteiger partial charge in [0, 0.05) is 65.0 Å². The monoisotopic (exact) mass is 580 g/mol. The van der Waals surface area contributed by atoms with E-state index in [2.05, 4.69) is 44.7 Å². The molecule has 1 aliphatic heterocycles. The van der Waals surface area contributed by atoms with Crippen LogP contribution in [0.25, 0.3) is 38.2 Å². The summed E-state index contributed by atoms with van der Waals surface area (Å²) >= 11 is 1.66. The van der Waals surface area contributed by atoms with Crippen molar-refractivity contribution in [1.29, 1.82) is 0 Å². The Morgan fingerprint density at radius 1 is 1.12 bits per heavy atom. The van der Waals surface area contributed by atoms with Crippen molar-refractivity contribution < 1.29 is 9.53 Å². The van der Waals surface area contributed by atoms with Crippen molar-refractivity contribution in [2.75, 3.05) is 57.9 Å². The number of nitrogen functional groups attached to an aromatic ring is 1. The number of anilines is 2. The number of aryl methyl sites for hydroxylation is 1. The first kappa shape index (κ1) is 28.0. The number of benzene rings is 2. The first-order chi connectivity index (χ1) is 20.4. The maximum atomic E-state index is 13.2. The summed E-state index contributed by atoms with van der Waals surface area (Å²) in [6.07, 6.45) is 7.45. The predicted molar refractivity (Wildman–Crippen MR) is 174 cm³/mol. The van der Waals surface area contributed by atoms with E-state index in [4.69, 9.17) is 10.5 Å². The van der Waals surface area contributed by atoms with Gasteiger partial charge in [-0.05, 0) is 61.8 Å². The number of nitrogens with one attached hydrogen (secondary N) is 1. The number of carbonyl (C=O) groups excluding carboxylic acids is 1. The molecule has 0 unspecified atom stereocenters. The standard InChI is InChI=1S/C33H36N6O2S/c1-37-13-7-15-39(17-16-37)14-6-9-24-20-35-32(34)30-25(21-42-31(24)30)22-11-12-26(29(19-22)41-3)36-33(40)28-18-23-8-4-5-10-27(23)38(28)2/h4-6,8-12,18-21H,7,13-17H2,1-3H3,(H2,34,35)(H,36,40). The number of nitrogens with zero attached hydrogens (tertiary/aromatic N) is 4. The second-order valence-corrected chi connectivity index (χ2v) is 11.7. The highest BCUT2D eigenvalue weighted by molar-refractivity contribution is 7.18. The van der Waals surface area contributed by atoms with Crippen LogP contribution in [-0.4, -0.2) is 72.1 Å². The molecule has 1 saturated heterocycles. The molecule has 9 heteroatoms. The number of nitrogens with two attached hydrogens (primary N) is 1. The van der Waals surface area contributed by atoms with E-state index in [1.807, 2.05) is 66.3 Å². The second-order valence-electron chi connectivity index (χ2n) is 10.8. The molecule has 0 atom stereocenters. The molecule has 4 heterocycles. The van der Waals surface area contributed by atoms with Crippen molar-refractivity contribution >= 4 is 55.8 Å². The zero-order chi connectivity index (χ0) is 29.2. The quantitative estimate of drug-likeness (QED) is 0.247. The number of carbonyl (C=O) groups is 1. The van der Waals surface area contributed by atoms with Crippen molar-refractivity contribution in [2.45, 2.75) is 6.42 Å². The Balaban J connectivity index is 1.25. The van der Waals surface area contributed by atoms with Crippen molar-refractivity contribution in [3.63, 3.8) is 0 Å². The van der Waals surface area contributed by atoms with Crippen LogP contribution in [0.15, 0.2) is 66.2 Å². The molecule has 216 valence electrons. The summed E-state index contributed by atoms with van der Waals surface area (Å²) < 4.78 is 8.73. The Bertz CT molecular complexity index is 1790. The molecule has 0 aliphatic carbocycles. The van der Waals surface area contributed by atoms with E-state index in [-0.39, 0.29) is 5.91 Å². The first-order valence-electron chi connectivity index (χ1n) is 14.2. The van der Waals surface area contributed by atoms with Gasteiger partial charge in [-0.15, -0.1) is 11.3 Å². The minimum absolute atomic E-state index is 0.196. The number of amides is 1. The zero-order valence-electron chi connectivity index (χ0n) is 24.3. The van der Waals surface area contributed by atoms with E-state index in [0.29, 0.717) is 22.9 Å². The summed E-state index contributed by atoms with van der Waals surface area (Å²) in [6.45, 7) is 5.38. The topological polar surface area (TPSA) is 88.7 Å². The zero-order valence-corrected chi connectivity index (χ0v) is 25.1. The number of likely N-dealkylation sites (N-methyl/N-ethyl adjacent to an activating group) is 1. The van der Waals surface area contributed by atoms with Crippen LogP contribution in [0, 0.1) is 0 Å². The predicted octanol–water partition coefficient (Wildman–Crippen LogP) is 5.95. The SMILES string of the molecule is COc1cc(-c2csc3c(C=CCN4CCCN(C)CC4)cnc(N)c23)ccc1NC(=O)c1cc2ccccc2n1C. The van der Waals surface area contributed by atoms with Crippen LogP contribution in [0.1, 0.15) is 22.5 Å². The Labute approximate surface area is 250 Å². The lowest BCUT2D eigenvalue weighted by atomic mass is 10.0. The molecule has 2 aromatic carbocycles. The number of aromatic nitrogens is 2. The van der Waals surface area contributed by atoms with Crippen molar-refractivity contribution in [3.8, 4) is 16.9 Å². The molecular formula is C33H36N6O2S. The number of hydrogen-bond donors (Lipinski definition) is 2. The van der Waals surface area contributed by atoms with Crippen molar-refractivity contribution in [3.05, 3.63) is 77.4 Å². The molecule has 5 aromatic rings. The van der Waals surface area contributed by atoms with Crippen molar-refractivity contribution in [2.24, 2.45) is 7.05 Å². The second kappa shape index (κ2) is 12.0. The molecular weight excluding hydrogens is 544 g/mol. The molecule has 0 spiro atoms. The molecule has 6 rings (SSSR count). The largest absolute Gasteiger partial charge is 0.495 e. The summed E-state index contributed by atoms with van der Waals surface area (Å²) in [6, 6.07) is 15.7. The number of pyridine rings is 1. The molecule has 8 nitrogen and oxygen atoms in total. The highest BCUT2D eigenvalue weighted by atomic mass is 32.1. The smallest absolute Gasteiger partial charge is 0.272 e. The van der Waals surface area contributed by atoms with Crippen LogP contribution >= 0.6 is 11.3 Å². The normalized spacial score (nSPS) is 15.0. The fraction of sp³-hybridized carbons (Fsp3) is 0.273. The first-order valence-corrected chi connectivity index (χ1v) is 15.1. The molecule has 0 radical (unpaired) electrons. The third kappa shape index (κ3) is 5.51. The van der Waals surface area contributed by atoms with Gasteiger partial charge in [0.2, 0.25) is 0 Å². The van der Waals surface area contributed by atoms with Crippen LogP contribution in [-0.2, 0) is 7.05 Å². The summed E-state index contributed by atoms with van der Waals surface area (Å²) in [7, 11) is 5.70. The summed E-state index contributed by atoms with van der Waals surface area (Å²) in [5.74, 6) is 0.878. The van der Waals surface area contributed by atoms with Gasteiger partial charge in [0.05, 0.1) is 12.8 Å². The summed E-state index contributed by atoms with van der Waals surface area (Å²) in [4.78, 5) is 22.7. The highest BCUT2D eigenvalue weighted by Crippen LogP contribution is 2.41. The lowest BCUT2D eigenvalue weighted by molar-refractivity contribution is 0.101. The van der Waals surface area contributed by atoms with E-state index in [1.54, 1.807) is 18.4 Å². The van der Waals surface area contributed by atoms with Gasteiger partial charge in [0.15, 0.2) is 0 Å². The minimum Gasteiger partial charge on any atom is -0.495 e. The maximum absolute atomic E-state index is 13.2. The minimum atomic E-state index is -0.196. The number of rotatable bonds is 7. The number of hydrogen-bond acceptors (Lipinski definition) is 7. The molecule has 1 amide bonds. The summed E-state index contributed by atoms with van der Waals surface area (Å²) in [5.41, 5.74) is 11.6. The van der Waals surface area contributed by atoms with E-state index in [9.17, 15) is 4.79 Å². The van der Waals surface area contributed by atoms with Gasteiger partial charge in [-0.1, -0.05) is 36.4 Å². The molecule has 0 saturated carbocycles. The lowest BCUT2D eigenvalue weighted by Crippen LogP contribution is -2.28. The van der Waals surface area contributed by atoms with Crippen LogP contribution < -0.4 is 15.8 Å². The van der Waals surface area contributed by atoms with Gasteiger partial charge in [-0.2, -0.15) is 0 Å². The number of para-hydroxylation sites is 1. The summed E-state index contributed by atoms with van der Waals surface area (Å²) in [5, 5.41) is 7.11. The number of fused-ring (bicyclic) bond motifs is 2. The van der Waals surface area contributed by atoms with Gasteiger partial charge in [0.25, 0.3) is 5.91 Å². The highest BCUT2D eigenvalue weighted by Gasteiger charge is 2.18. The molecule has 3 aromatic heterocycles. The third-order valence-electron chi connectivity index (χ3n) is 8.07. The van der Waals surface area contributed by atoms with Gasteiger partial charge in [-0.3, -0.25) is 9.69 Å². The van der Waals surface area contributed by atoms with E-state index in [0.717, 1.165) is 70.4 Å². The van der Waals surface area contributed by atoms with Crippen LogP contribution in [0.4, 0.5) is 11.5 Å². The van der Waals surface area contributed by atoms with Crippen LogP contribution in [0.5, 0.6) is 5.75 Å². The number of thiophene rings is 1. The maximum Gasteiger partial charge on any atom is 0.272 e. The fourth-order valence-corrected chi connectivity index (χ4v) is 6.76. The van der Waals surface area contributed by atoms with Crippen molar-refractivity contribution in [1.82, 2.24) is 19.4 Å². The van der Waals surface area contributed by atoms with Gasteiger partial charge < -0.3 is 25.3 Å². The number of ether oxygens (including phenoxy) is 1.